The second kappa shape index (κ2) is 5.65. The Morgan fingerprint density at radius 2 is 2.00 bits per heavy atom. The van der Waals surface area contributed by atoms with Gasteiger partial charge >= 0.3 is 0 Å². The minimum Gasteiger partial charge on any atom is -0.211 e. The average Bonchev–Trinajstić information content (AvgIpc) is 3.01. The summed E-state index contributed by atoms with van der Waals surface area (Å²) < 4.78 is 26.3. The van der Waals surface area contributed by atoms with Crippen LogP contribution in [0.25, 0.3) is 0 Å². The number of nitrogens with zero attached hydrogens (tertiary/aromatic N) is 1. The molecule has 0 spiro atoms. The summed E-state index contributed by atoms with van der Waals surface area (Å²) in [6.45, 7) is 3.69. The van der Waals surface area contributed by atoms with Crippen molar-refractivity contribution in [3.05, 3.63) is 0 Å². The molecule has 0 aromatic carbocycles. The van der Waals surface area contributed by atoms with E-state index in [9.17, 15) is 8.42 Å². The van der Waals surface area contributed by atoms with Crippen molar-refractivity contribution in [3.8, 4) is 6.07 Å². The zero-order valence-corrected chi connectivity index (χ0v) is 10.8. The Hall–Kier alpha value is -0.600. The standard InChI is InChI=1S/C11H20N2O2S/c1-3-10(7-9-5-6-9)13-16(14,15)11(4-2)8-12/h9-11,13H,3-7H2,1-2H3. The summed E-state index contributed by atoms with van der Waals surface area (Å²) in [5, 5.41) is 7.86. The van der Waals surface area contributed by atoms with Crippen LogP contribution in [-0.4, -0.2) is 19.7 Å². The summed E-state index contributed by atoms with van der Waals surface area (Å²) in [7, 11) is -3.46. The van der Waals surface area contributed by atoms with Gasteiger partial charge in [0.2, 0.25) is 10.0 Å². The fourth-order valence-electron chi connectivity index (χ4n) is 1.75. The Morgan fingerprint density at radius 1 is 1.38 bits per heavy atom. The van der Waals surface area contributed by atoms with Gasteiger partial charge in [-0.25, -0.2) is 13.1 Å². The zero-order chi connectivity index (χ0) is 12.2. The lowest BCUT2D eigenvalue weighted by molar-refractivity contribution is 0.491. The van der Waals surface area contributed by atoms with Crippen molar-refractivity contribution in [1.29, 1.82) is 5.26 Å². The Labute approximate surface area is 98.1 Å². The van der Waals surface area contributed by atoms with Crippen LogP contribution >= 0.6 is 0 Å². The average molecular weight is 244 g/mol. The van der Waals surface area contributed by atoms with Crippen molar-refractivity contribution in [1.82, 2.24) is 4.72 Å². The first kappa shape index (κ1) is 13.5. The fraction of sp³-hybridized carbons (Fsp3) is 0.909. The zero-order valence-electron chi connectivity index (χ0n) is 9.94. The molecule has 0 aromatic rings. The molecule has 5 heteroatoms. The molecule has 1 aliphatic rings. The smallest absolute Gasteiger partial charge is 0.211 e. The van der Waals surface area contributed by atoms with Crippen molar-refractivity contribution in [2.24, 2.45) is 5.92 Å². The molecule has 0 aliphatic heterocycles. The Morgan fingerprint density at radius 3 is 2.38 bits per heavy atom. The van der Waals surface area contributed by atoms with Gasteiger partial charge in [-0.1, -0.05) is 26.7 Å². The monoisotopic (exact) mass is 244 g/mol. The van der Waals surface area contributed by atoms with Crippen LogP contribution in [0.2, 0.25) is 0 Å². The van der Waals surface area contributed by atoms with Gasteiger partial charge in [0, 0.05) is 6.04 Å². The minimum absolute atomic E-state index is 0.0000926. The van der Waals surface area contributed by atoms with Crippen LogP contribution in [0, 0.1) is 17.2 Å². The van der Waals surface area contributed by atoms with Gasteiger partial charge in [0.25, 0.3) is 0 Å². The molecule has 0 radical (unpaired) electrons. The highest BCUT2D eigenvalue weighted by molar-refractivity contribution is 7.90. The van der Waals surface area contributed by atoms with Crippen molar-refractivity contribution < 1.29 is 8.42 Å². The second-order valence-corrected chi connectivity index (χ2v) is 6.37. The second-order valence-electron chi connectivity index (χ2n) is 4.47. The first-order chi connectivity index (χ1) is 7.53. The van der Waals surface area contributed by atoms with Gasteiger partial charge < -0.3 is 0 Å². The van der Waals surface area contributed by atoms with E-state index >= 15 is 0 Å². The molecule has 92 valence electrons. The van der Waals surface area contributed by atoms with E-state index in [-0.39, 0.29) is 6.04 Å². The molecule has 1 rings (SSSR count). The van der Waals surface area contributed by atoms with E-state index in [1.54, 1.807) is 6.92 Å². The van der Waals surface area contributed by atoms with Crippen LogP contribution in [0.1, 0.15) is 46.0 Å². The molecule has 0 aromatic heterocycles. The number of sulfonamides is 1. The van der Waals surface area contributed by atoms with Gasteiger partial charge in [-0.3, -0.25) is 0 Å². The lowest BCUT2D eigenvalue weighted by atomic mass is 10.1. The highest BCUT2D eigenvalue weighted by atomic mass is 32.2. The highest BCUT2D eigenvalue weighted by Crippen LogP contribution is 2.34. The topological polar surface area (TPSA) is 70.0 Å². The summed E-state index contributed by atoms with van der Waals surface area (Å²) >= 11 is 0. The summed E-state index contributed by atoms with van der Waals surface area (Å²) in [6.07, 6.45) is 4.47. The van der Waals surface area contributed by atoms with Gasteiger partial charge in [0.1, 0.15) is 0 Å². The van der Waals surface area contributed by atoms with E-state index < -0.39 is 15.3 Å². The normalized spacial score (nSPS) is 20.1. The highest BCUT2D eigenvalue weighted by Gasteiger charge is 2.30. The molecule has 0 amide bonds. The minimum atomic E-state index is -3.46. The van der Waals surface area contributed by atoms with Crippen molar-refractivity contribution >= 4 is 10.0 Å². The van der Waals surface area contributed by atoms with E-state index in [4.69, 9.17) is 5.26 Å². The molecule has 16 heavy (non-hydrogen) atoms. The molecule has 1 saturated carbocycles. The Kier molecular flexibility index (Phi) is 4.75. The molecule has 1 fully saturated rings. The number of nitriles is 1. The van der Waals surface area contributed by atoms with Crippen LogP contribution in [0.4, 0.5) is 0 Å². The molecular formula is C11H20N2O2S. The van der Waals surface area contributed by atoms with Crippen LogP contribution in [-0.2, 0) is 10.0 Å². The first-order valence-corrected chi connectivity index (χ1v) is 7.48. The van der Waals surface area contributed by atoms with Crippen molar-refractivity contribution in [2.45, 2.75) is 57.2 Å². The fourth-order valence-corrected chi connectivity index (χ4v) is 3.22. The summed E-state index contributed by atoms with van der Waals surface area (Å²) in [6, 6.07) is 1.84. The van der Waals surface area contributed by atoms with Crippen LogP contribution in [0.15, 0.2) is 0 Å². The van der Waals surface area contributed by atoms with Crippen LogP contribution in [0.3, 0.4) is 0 Å². The van der Waals surface area contributed by atoms with Gasteiger partial charge in [-0.05, 0) is 25.2 Å². The maximum absolute atomic E-state index is 11.8. The molecule has 0 bridgehead atoms. The molecule has 2 unspecified atom stereocenters. The van der Waals surface area contributed by atoms with Crippen LogP contribution < -0.4 is 4.72 Å². The van der Waals surface area contributed by atoms with E-state index in [1.165, 1.54) is 12.8 Å². The number of hydrogen-bond donors (Lipinski definition) is 1. The Bertz CT molecular complexity index is 355. The number of hydrogen-bond acceptors (Lipinski definition) is 3. The van der Waals surface area contributed by atoms with Gasteiger partial charge in [0.05, 0.1) is 6.07 Å². The predicted octanol–water partition coefficient (Wildman–Crippen LogP) is 1.79. The van der Waals surface area contributed by atoms with Gasteiger partial charge in [0.15, 0.2) is 5.25 Å². The third-order valence-electron chi connectivity index (χ3n) is 3.03. The maximum atomic E-state index is 11.8. The molecule has 1 aliphatic carbocycles. The van der Waals surface area contributed by atoms with Gasteiger partial charge in [-0.2, -0.15) is 5.26 Å². The van der Waals surface area contributed by atoms with E-state index in [1.807, 2.05) is 13.0 Å². The van der Waals surface area contributed by atoms with E-state index in [2.05, 4.69) is 4.72 Å². The molecule has 4 nitrogen and oxygen atoms in total. The number of nitrogens with one attached hydrogen (secondary N) is 1. The largest absolute Gasteiger partial charge is 0.228 e. The number of rotatable bonds is 7. The third kappa shape index (κ3) is 3.76. The van der Waals surface area contributed by atoms with Crippen molar-refractivity contribution in [3.63, 3.8) is 0 Å². The van der Waals surface area contributed by atoms with Crippen molar-refractivity contribution in [2.75, 3.05) is 0 Å². The van der Waals surface area contributed by atoms with E-state index in [0.29, 0.717) is 12.3 Å². The van der Waals surface area contributed by atoms with Gasteiger partial charge in [-0.15, -0.1) is 0 Å². The van der Waals surface area contributed by atoms with Crippen LogP contribution in [0.5, 0.6) is 0 Å². The molecule has 0 heterocycles. The lowest BCUT2D eigenvalue weighted by Crippen LogP contribution is -2.40. The molecule has 0 saturated heterocycles. The molecule has 1 N–H and O–H groups in total. The van der Waals surface area contributed by atoms with E-state index in [0.717, 1.165) is 12.8 Å². The summed E-state index contributed by atoms with van der Waals surface area (Å²) in [4.78, 5) is 0. The summed E-state index contributed by atoms with van der Waals surface area (Å²) in [5.74, 6) is 0.690. The first-order valence-electron chi connectivity index (χ1n) is 5.94. The maximum Gasteiger partial charge on any atom is 0.228 e. The predicted molar refractivity (Wildman–Crippen MR) is 63.2 cm³/mol. The quantitative estimate of drug-likeness (QED) is 0.742. The lowest BCUT2D eigenvalue weighted by Gasteiger charge is -2.18. The Balaban J connectivity index is 2.58. The summed E-state index contributed by atoms with van der Waals surface area (Å²) in [5.41, 5.74) is 0. The molecular weight excluding hydrogens is 224 g/mol. The third-order valence-corrected chi connectivity index (χ3v) is 4.88. The molecule has 2 atom stereocenters. The SMILES string of the molecule is CCC(CC1CC1)NS(=O)(=O)C(C#N)CC.